The number of nitrogens with one attached hydrogen (secondary N) is 1. The van der Waals surface area contributed by atoms with Crippen molar-refractivity contribution in [3.63, 3.8) is 0 Å². The largest absolute Gasteiger partial charge is 0.459 e. The summed E-state index contributed by atoms with van der Waals surface area (Å²) in [5.41, 5.74) is 1.44. The van der Waals surface area contributed by atoms with Gasteiger partial charge in [0, 0.05) is 12.0 Å². The lowest BCUT2D eigenvalue weighted by atomic mass is 9.84. The lowest BCUT2D eigenvalue weighted by Crippen LogP contribution is -2.53. The van der Waals surface area contributed by atoms with Crippen molar-refractivity contribution in [3.05, 3.63) is 77.4 Å². The third kappa shape index (κ3) is 3.69. The molecule has 0 bridgehead atoms. The molecule has 1 fully saturated rings. The van der Waals surface area contributed by atoms with E-state index in [0.717, 1.165) is 11.1 Å². The third-order valence-electron chi connectivity index (χ3n) is 4.80. The number of hydrogen-bond donors (Lipinski definition) is 1. The molecule has 0 radical (unpaired) electrons. The lowest BCUT2D eigenvalue weighted by molar-refractivity contribution is -0.155. The molecule has 0 aliphatic carbocycles. The zero-order valence-corrected chi connectivity index (χ0v) is 15.1. The van der Waals surface area contributed by atoms with Gasteiger partial charge >= 0.3 is 5.97 Å². The van der Waals surface area contributed by atoms with Gasteiger partial charge in [-0.05, 0) is 23.1 Å². The van der Waals surface area contributed by atoms with E-state index >= 15 is 0 Å². The van der Waals surface area contributed by atoms with E-state index < -0.39 is 5.54 Å². The van der Waals surface area contributed by atoms with Crippen LogP contribution >= 0.6 is 0 Å². The molecule has 1 heterocycles. The van der Waals surface area contributed by atoms with Gasteiger partial charge in [0.1, 0.15) is 12.1 Å². The number of rotatable bonds is 5. The Labute approximate surface area is 153 Å². The number of hydrogen-bond acceptors (Lipinski definition) is 3. The second kappa shape index (κ2) is 7.56. The van der Waals surface area contributed by atoms with E-state index in [9.17, 15) is 9.59 Å². The van der Waals surface area contributed by atoms with Gasteiger partial charge in [-0.2, -0.15) is 0 Å². The van der Waals surface area contributed by atoms with Gasteiger partial charge in [-0.25, -0.2) is 4.79 Å². The highest BCUT2D eigenvalue weighted by Gasteiger charge is 2.50. The molecule has 0 saturated carbocycles. The van der Waals surface area contributed by atoms with Crippen LogP contribution in [0.15, 0.2) is 66.2 Å². The molecule has 0 aromatic heterocycles. The minimum absolute atomic E-state index is 0.0867. The van der Waals surface area contributed by atoms with Crippen LogP contribution in [0.5, 0.6) is 0 Å². The normalized spacial score (nSPS) is 21.0. The van der Waals surface area contributed by atoms with Gasteiger partial charge in [-0.1, -0.05) is 74.5 Å². The van der Waals surface area contributed by atoms with E-state index in [2.05, 4.69) is 5.32 Å². The smallest absolute Gasteiger partial charge is 0.332 e. The molecule has 2 aromatic rings. The topological polar surface area (TPSA) is 55.4 Å². The zero-order chi connectivity index (χ0) is 18.6. The summed E-state index contributed by atoms with van der Waals surface area (Å²) in [5.74, 6) is -0.684. The Morgan fingerprint density at radius 3 is 2.35 bits per heavy atom. The number of benzene rings is 2. The molecule has 26 heavy (non-hydrogen) atoms. The van der Waals surface area contributed by atoms with Crippen molar-refractivity contribution in [2.24, 2.45) is 5.92 Å². The van der Waals surface area contributed by atoms with Crippen LogP contribution in [0.1, 0.15) is 31.4 Å². The minimum Gasteiger partial charge on any atom is -0.459 e. The Kier molecular flexibility index (Phi) is 5.21. The summed E-state index contributed by atoms with van der Waals surface area (Å²) in [7, 11) is 0. The van der Waals surface area contributed by atoms with E-state index in [1.807, 2.05) is 80.6 Å². The maximum atomic E-state index is 12.9. The zero-order valence-electron chi connectivity index (χ0n) is 15.1. The first kappa shape index (κ1) is 17.9. The molecular weight excluding hydrogens is 326 g/mol. The van der Waals surface area contributed by atoms with Gasteiger partial charge in [0.2, 0.25) is 5.91 Å². The highest BCUT2D eigenvalue weighted by atomic mass is 16.5. The van der Waals surface area contributed by atoms with Crippen LogP contribution in [0.3, 0.4) is 0 Å². The fourth-order valence-electron chi connectivity index (χ4n) is 3.13. The molecule has 1 atom stereocenters. The van der Waals surface area contributed by atoms with Crippen molar-refractivity contribution in [3.8, 4) is 0 Å². The second-order valence-corrected chi connectivity index (χ2v) is 6.90. The number of carbonyl (C=O) groups excluding carboxylic acids is 2. The van der Waals surface area contributed by atoms with Gasteiger partial charge in [0.25, 0.3) is 0 Å². The lowest BCUT2D eigenvalue weighted by Gasteiger charge is -2.30. The number of carbonyl (C=O) groups is 2. The van der Waals surface area contributed by atoms with Gasteiger partial charge in [-0.15, -0.1) is 0 Å². The van der Waals surface area contributed by atoms with Gasteiger partial charge in [0.15, 0.2) is 0 Å². The summed E-state index contributed by atoms with van der Waals surface area (Å²) in [6, 6.07) is 19.2. The van der Waals surface area contributed by atoms with E-state index in [-0.39, 0.29) is 24.4 Å². The molecule has 1 amide bonds. The quantitative estimate of drug-likeness (QED) is 0.661. The summed E-state index contributed by atoms with van der Waals surface area (Å²) in [6.45, 7) is 4.05. The molecule has 1 N–H and O–H groups in total. The Balaban J connectivity index is 1.79. The van der Waals surface area contributed by atoms with Crippen LogP contribution < -0.4 is 5.32 Å². The fourth-order valence-corrected chi connectivity index (χ4v) is 3.13. The molecule has 1 aliphatic heterocycles. The Morgan fingerprint density at radius 2 is 1.73 bits per heavy atom. The van der Waals surface area contributed by atoms with Crippen molar-refractivity contribution < 1.29 is 14.3 Å². The maximum Gasteiger partial charge on any atom is 0.332 e. The molecule has 4 nitrogen and oxygen atoms in total. The summed E-state index contributed by atoms with van der Waals surface area (Å²) >= 11 is 0. The van der Waals surface area contributed by atoms with Crippen molar-refractivity contribution in [1.29, 1.82) is 0 Å². The van der Waals surface area contributed by atoms with Crippen LogP contribution in [-0.4, -0.2) is 17.4 Å². The maximum absolute atomic E-state index is 12.9. The molecule has 3 rings (SSSR count). The van der Waals surface area contributed by atoms with E-state index in [4.69, 9.17) is 4.74 Å². The Hall–Kier alpha value is -2.88. The number of ether oxygens (including phenoxy) is 1. The number of esters is 1. The van der Waals surface area contributed by atoms with Crippen molar-refractivity contribution >= 4 is 18.0 Å². The Morgan fingerprint density at radius 1 is 1.12 bits per heavy atom. The van der Waals surface area contributed by atoms with Crippen molar-refractivity contribution in [2.75, 3.05) is 0 Å². The van der Waals surface area contributed by atoms with Crippen LogP contribution in [0.4, 0.5) is 0 Å². The standard InChI is InChI=1S/C22H23NO3/c1-16(2)22(21(25)26-15-18-11-7-4-8-12-18)14-19(20(24)23-22)13-17-9-5-3-6-10-17/h3-13,16H,14-15H2,1-2H3,(H,23,24)/b19-13+. The Bertz CT molecular complexity index is 812. The van der Waals surface area contributed by atoms with Gasteiger partial charge in [-0.3, -0.25) is 4.79 Å². The fraction of sp³-hybridized carbons (Fsp3) is 0.273. The van der Waals surface area contributed by atoms with Gasteiger partial charge in [0.05, 0.1) is 0 Å². The number of amides is 1. The van der Waals surface area contributed by atoms with Crippen molar-refractivity contribution in [2.45, 2.75) is 32.4 Å². The summed E-state index contributed by atoms with van der Waals surface area (Å²) < 4.78 is 5.54. The minimum atomic E-state index is -1.02. The highest BCUT2D eigenvalue weighted by Crippen LogP contribution is 2.34. The average molecular weight is 349 g/mol. The van der Waals surface area contributed by atoms with E-state index in [1.54, 1.807) is 0 Å². The molecule has 1 aliphatic rings. The van der Waals surface area contributed by atoms with Crippen LogP contribution in [-0.2, 0) is 20.9 Å². The first-order chi connectivity index (χ1) is 12.5. The van der Waals surface area contributed by atoms with Crippen LogP contribution in [0.2, 0.25) is 0 Å². The average Bonchev–Trinajstić information content (AvgIpc) is 2.99. The first-order valence-electron chi connectivity index (χ1n) is 8.80. The van der Waals surface area contributed by atoms with Crippen molar-refractivity contribution in [1.82, 2.24) is 5.32 Å². The predicted molar refractivity (Wildman–Crippen MR) is 101 cm³/mol. The second-order valence-electron chi connectivity index (χ2n) is 6.90. The van der Waals surface area contributed by atoms with E-state index in [1.165, 1.54) is 0 Å². The van der Waals surface area contributed by atoms with Crippen LogP contribution in [0, 0.1) is 5.92 Å². The molecule has 134 valence electrons. The summed E-state index contributed by atoms with van der Waals surface area (Å²) in [5, 5.41) is 2.89. The molecule has 0 spiro atoms. The van der Waals surface area contributed by atoms with Crippen LogP contribution in [0.25, 0.3) is 6.08 Å². The molecule has 2 aromatic carbocycles. The SMILES string of the molecule is CC(C)C1(C(=O)OCc2ccccc2)C/C(=C\c2ccccc2)C(=O)N1. The predicted octanol–water partition coefficient (Wildman–Crippen LogP) is 3.73. The first-order valence-corrected chi connectivity index (χ1v) is 8.80. The highest BCUT2D eigenvalue weighted by molar-refractivity contribution is 6.05. The molecule has 1 saturated heterocycles. The summed E-state index contributed by atoms with van der Waals surface area (Å²) in [4.78, 5) is 25.4. The monoisotopic (exact) mass is 349 g/mol. The molecule has 1 unspecified atom stereocenters. The van der Waals surface area contributed by atoms with Gasteiger partial charge < -0.3 is 10.1 Å². The molecule has 4 heteroatoms. The third-order valence-corrected chi connectivity index (χ3v) is 4.80. The van der Waals surface area contributed by atoms with E-state index in [0.29, 0.717) is 12.0 Å². The summed E-state index contributed by atoms with van der Waals surface area (Å²) in [6.07, 6.45) is 2.16. The molecular formula is C22H23NO3.